The topological polar surface area (TPSA) is 52.7 Å². The van der Waals surface area contributed by atoms with Gasteiger partial charge in [-0.15, -0.1) is 0 Å². The summed E-state index contributed by atoms with van der Waals surface area (Å²) in [5.41, 5.74) is 0. The Balaban J connectivity index is 2.02. The SMILES string of the molecule is CNCC1CCCCN1S(=O)(=O)N(C)CC1CCC1. The molecule has 2 aliphatic rings. The van der Waals surface area contributed by atoms with Crippen molar-refractivity contribution in [3.05, 3.63) is 0 Å². The normalized spacial score (nSPS) is 26.6. The number of rotatable bonds is 6. The van der Waals surface area contributed by atoms with Crippen molar-refractivity contribution in [3.63, 3.8) is 0 Å². The minimum atomic E-state index is -3.28. The maximum Gasteiger partial charge on any atom is 0.282 e. The molecule has 6 heteroatoms. The van der Waals surface area contributed by atoms with Gasteiger partial charge in [0.15, 0.2) is 0 Å². The Morgan fingerprint density at radius 2 is 1.95 bits per heavy atom. The maximum absolute atomic E-state index is 12.7. The van der Waals surface area contributed by atoms with Gasteiger partial charge in [-0.05, 0) is 38.6 Å². The zero-order valence-corrected chi connectivity index (χ0v) is 13.0. The predicted molar refractivity (Wildman–Crippen MR) is 77.2 cm³/mol. The molecule has 2 fully saturated rings. The highest BCUT2D eigenvalue weighted by Gasteiger charge is 2.35. The standard InChI is InChI=1S/C13H27N3O2S/c1-14-10-13-8-3-4-9-16(13)19(17,18)15(2)11-12-6-5-7-12/h12-14H,3-11H2,1-2H3. The van der Waals surface area contributed by atoms with Gasteiger partial charge < -0.3 is 5.32 Å². The molecule has 5 nitrogen and oxygen atoms in total. The molecule has 1 atom stereocenters. The van der Waals surface area contributed by atoms with Crippen LogP contribution in [0.3, 0.4) is 0 Å². The highest BCUT2D eigenvalue weighted by Crippen LogP contribution is 2.29. The van der Waals surface area contributed by atoms with Crippen LogP contribution in [0, 0.1) is 5.92 Å². The Bertz CT molecular complexity index is 379. The molecular formula is C13H27N3O2S. The van der Waals surface area contributed by atoms with Crippen molar-refractivity contribution in [1.29, 1.82) is 0 Å². The smallest absolute Gasteiger partial charge is 0.282 e. The summed E-state index contributed by atoms with van der Waals surface area (Å²) in [6.45, 7) is 2.10. The minimum absolute atomic E-state index is 0.118. The zero-order chi connectivity index (χ0) is 13.9. The van der Waals surface area contributed by atoms with E-state index >= 15 is 0 Å². The van der Waals surface area contributed by atoms with Crippen LogP contribution in [0.4, 0.5) is 0 Å². The molecule has 1 N–H and O–H groups in total. The second kappa shape index (κ2) is 6.52. The molecule has 1 saturated carbocycles. The second-order valence-electron chi connectivity index (χ2n) is 5.90. The lowest BCUT2D eigenvalue weighted by Crippen LogP contribution is -2.53. The van der Waals surface area contributed by atoms with E-state index in [4.69, 9.17) is 0 Å². The number of hydrogen-bond acceptors (Lipinski definition) is 3. The molecule has 0 aromatic carbocycles. The molecule has 1 aliphatic carbocycles. The van der Waals surface area contributed by atoms with Gasteiger partial charge in [0.1, 0.15) is 0 Å². The molecule has 0 aromatic rings. The summed E-state index contributed by atoms with van der Waals surface area (Å²) in [6.07, 6.45) is 6.70. The fraction of sp³-hybridized carbons (Fsp3) is 1.00. The van der Waals surface area contributed by atoms with E-state index < -0.39 is 10.2 Å². The summed E-state index contributed by atoms with van der Waals surface area (Å²) in [5, 5.41) is 3.12. The van der Waals surface area contributed by atoms with Gasteiger partial charge in [-0.25, -0.2) is 0 Å². The van der Waals surface area contributed by atoms with Crippen LogP contribution in [0.2, 0.25) is 0 Å². The molecule has 1 heterocycles. The fourth-order valence-corrected chi connectivity index (χ4v) is 4.70. The van der Waals surface area contributed by atoms with Crippen LogP contribution in [-0.2, 0) is 10.2 Å². The van der Waals surface area contributed by atoms with Gasteiger partial charge in [-0.3, -0.25) is 0 Å². The Morgan fingerprint density at radius 1 is 1.21 bits per heavy atom. The van der Waals surface area contributed by atoms with Gasteiger partial charge >= 0.3 is 0 Å². The van der Waals surface area contributed by atoms with Crippen LogP contribution in [0.15, 0.2) is 0 Å². The molecule has 0 bridgehead atoms. The van der Waals surface area contributed by atoms with Crippen LogP contribution in [0.1, 0.15) is 38.5 Å². The van der Waals surface area contributed by atoms with E-state index in [0.29, 0.717) is 19.0 Å². The Labute approximate surface area is 117 Å². The predicted octanol–water partition coefficient (Wildman–Crippen LogP) is 1.04. The first-order valence-electron chi connectivity index (χ1n) is 7.43. The lowest BCUT2D eigenvalue weighted by atomic mass is 9.86. The van der Waals surface area contributed by atoms with E-state index in [1.54, 1.807) is 15.7 Å². The van der Waals surface area contributed by atoms with Crippen molar-refractivity contribution in [2.24, 2.45) is 5.92 Å². The highest BCUT2D eigenvalue weighted by atomic mass is 32.2. The Kier molecular flexibility index (Phi) is 5.22. The van der Waals surface area contributed by atoms with Gasteiger partial charge in [0.2, 0.25) is 0 Å². The Hall–Kier alpha value is -0.170. The number of hydrogen-bond donors (Lipinski definition) is 1. The van der Waals surface area contributed by atoms with Gasteiger partial charge in [0, 0.05) is 32.7 Å². The van der Waals surface area contributed by atoms with E-state index in [-0.39, 0.29) is 6.04 Å². The molecule has 1 saturated heterocycles. The van der Waals surface area contributed by atoms with Crippen molar-refractivity contribution in [2.75, 3.05) is 33.7 Å². The quantitative estimate of drug-likeness (QED) is 0.795. The molecule has 0 amide bonds. The summed E-state index contributed by atoms with van der Waals surface area (Å²) >= 11 is 0. The molecule has 0 spiro atoms. The van der Waals surface area contributed by atoms with Crippen molar-refractivity contribution in [3.8, 4) is 0 Å². The van der Waals surface area contributed by atoms with Gasteiger partial charge in [0.05, 0.1) is 0 Å². The van der Waals surface area contributed by atoms with Crippen LogP contribution >= 0.6 is 0 Å². The third-order valence-electron chi connectivity index (χ3n) is 4.44. The van der Waals surface area contributed by atoms with E-state index in [9.17, 15) is 8.42 Å². The number of nitrogens with zero attached hydrogens (tertiary/aromatic N) is 2. The second-order valence-corrected chi connectivity index (χ2v) is 7.89. The summed E-state index contributed by atoms with van der Waals surface area (Å²) < 4.78 is 28.6. The molecule has 0 radical (unpaired) electrons. The summed E-state index contributed by atoms with van der Waals surface area (Å²) in [4.78, 5) is 0. The van der Waals surface area contributed by atoms with Crippen LogP contribution in [0.25, 0.3) is 0 Å². The summed E-state index contributed by atoms with van der Waals surface area (Å²) in [5.74, 6) is 0.576. The lowest BCUT2D eigenvalue weighted by molar-refractivity contribution is 0.214. The van der Waals surface area contributed by atoms with Crippen LogP contribution in [0.5, 0.6) is 0 Å². The maximum atomic E-state index is 12.7. The van der Waals surface area contributed by atoms with E-state index in [2.05, 4.69) is 5.32 Å². The third-order valence-corrected chi connectivity index (χ3v) is 6.45. The number of piperidine rings is 1. The molecule has 112 valence electrons. The first-order valence-corrected chi connectivity index (χ1v) is 8.83. The summed E-state index contributed by atoms with van der Waals surface area (Å²) in [7, 11) is 0.343. The average Bonchev–Trinajstić information content (AvgIpc) is 2.34. The van der Waals surface area contributed by atoms with E-state index in [1.165, 1.54) is 19.3 Å². The first kappa shape index (κ1) is 15.2. The van der Waals surface area contributed by atoms with Crippen molar-refractivity contribution in [1.82, 2.24) is 13.9 Å². The van der Waals surface area contributed by atoms with Crippen LogP contribution in [-0.4, -0.2) is 56.8 Å². The molecule has 2 rings (SSSR count). The molecule has 1 unspecified atom stereocenters. The highest BCUT2D eigenvalue weighted by molar-refractivity contribution is 7.86. The average molecular weight is 289 g/mol. The van der Waals surface area contributed by atoms with Crippen molar-refractivity contribution in [2.45, 2.75) is 44.6 Å². The fourth-order valence-electron chi connectivity index (χ4n) is 3.03. The minimum Gasteiger partial charge on any atom is -0.318 e. The van der Waals surface area contributed by atoms with Crippen LogP contribution < -0.4 is 5.32 Å². The molecular weight excluding hydrogens is 262 g/mol. The van der Waals surface area contributed by atoms with E-state index in [0.717, 1.165) is 25.8 Å². The summed E-state index contributed by atoms with van der Waals surface area (Å²) in [6, 6.07) is 0.118. The lowest BCUT2D eigenvalue weighted by Gasteiger charge is -2.38. The zero-order valence-electron chi connectivity index (χ0n) is 12.1. The Morgan fingerprint density at radius 3 is 2.53 bits per heavy atom. The molecule has 0 aromatic heterocycles. The van der Waals surface area contributed by atoms with Crippen molar-refractivity contribution < 1.29 is 8.42 Å². The number of likely N-dealkylation sites (N-methyl/N-ethyl adjacent to an activating group) is 1. The first-order chi connectivity index (χ1) is 9.05. The van der Waals surface area contributed by atoms with E-state index in [1.807, 2.05) is 7.05 Å². The van der Waals surface area contributed by atoms with Gasteiger partial charge in [0.25, 0.3) is 10.2 Å². The molecule has 19 heavy (non-hydrogen) atoms. The monoisotopic (exact) mass is 289 g/mol. The largest absolute Gasteiger partial charge is 0.318 e. The third kappa shape index (κ3) is 3.48. The van der Waals surface area contributed by atoms with Gasteiger partial charge in [-0.1, -0.05) is 12.8 Å². The molecule has 1 aliphatic heterocycles. The number of nitrogens with one attached hydrogen (secondary N) is 1. The van der Waals surface area contributed by atoms with Crippen molar-refractivity contribution >= 4 is 10.2 Å². The van der Waals surface area contributed by atoms with Gasteiger partial charge in [-0.2, -0.15) is 17.0 Å².